The Labute approximate surface area is 122 Å². The Kier molecular flexibility index (Phi) is 5.05. The molecular formula is C14H25N3O2S. The number of anilines is 2. The lowest BCUT2D eigenvalue weighted by atomic mass is 9.96. The van der Waals surface area contributed by atoms with Gasteiger partial charge in [0.25, 0.3) is 0 Å². The molecule has 5 nitrogen and oxygen atoms in total. The van der Waals surface area contributed by atoms with Crippen molar-refractivity contribution in [2.24, 2.45) is 5.41 Å². The number of nitrogen functional groups attached to an aromatic ring is 1. The van der Waals surface area contributed by atoms with E-state index < -0.39 is 10.0 Å². The fourth-order valence-electron chi connectivity index (χ4n) is 2.09. The highest BCUT2D eigenvalue weighted by Crippen LogP contribution is 2.28. The van der Waals surface area contributed by atoms with Crippen LogP contribution in [0.1, 0.15) is 27.7 Å². The van der Waals surface area contributed by atoms with Gasteiger partial charge < -0.3 is 10.6 Å². The summed E-state index contributed by atoms with van der Waals surface area (Å²) in [6, 6.07) is 4.79. The number of nitrogens with zero attached hydrogens (tertiary/aromatic N) is 1. The zero-order chi connectivity index (χ0) is 15.6. The van der Waals surface area contributed by atoms with Gasteiger partial charge in [-0.2, -0.15) is 0 Å². The van der Waals surface area contributed by atoms with Crippen molar-refractivity contribution in [2.75, 3.05) is 30.8 Å². The van der Waals surface area contributed by atoms with Crippen molar-refractivity contribution >= 4 is 21.4 Å². The first-order valence-corrected chi connectivity index (χ1v) is 8.15. The van der Waals surface area contributed by atoms with Crippen LogP contribution in [0.3, 0.4) is 0 Å². The van der Waals surface area contributed by atoms with Gasteiger partial charge in [0.2, 0.25) is 10.0 Å². The SMILES string of the molecule is CCNS(=O)(=O)c1ccc(N)c(N(C)CC(C)(C)C)c1. The van der Waals surface area contributed by atoms with Gasteiger partial charge in [-0.25, -0.2) is 13.1 Å². The van der Waals surface area contributed by atoms with Crippen molar-refractivity contribution in [2.45, 2.75) is 32.6 Å². The Hall–Kier alpha value is -1.27. The maximum atomic E-state index is 12.0. The zero-order valence-electron chi connectivity index (χ0n) is 12.9. The van der Waals surface area contributed by atoms with E-state index in [4.69, 9.17) is 5.73 Å². The van der Waals surface area contributed by atoms with E-state index in [9.17, 15) is 8.42 Å². The molecule has 0 atom stereocenters. The molecule has 0 spiro atoms. The Balaban J connectivity index is 3.16. The summed E-state index contributed by atoms with van der Waals surface area (Å²) in [5.41, 5.74) is 7.38. The second kappa shape index (κ2) is 6.01. The average molecular weight is 299 g/mol. The average Bonchev–Trinajstić information content (AvgIpc) is 2.26. The predicted molar refractivity (Wildman–Crippen MR) is 84.4 cm³/mol. The lowest BCUT2D eigenvalue weighted by Gasteiger charge is -2.29. The number of sulfonamides is 1. The molecule has 6 heteroatoms. The fraction of sp³-hybridized carbons (Fsp3) is 0.571. The molecule has 1 aromatic rings. The molecule has 0 aliphatic heterocycles. The second-order valence-electron chi connectivity index (χ2n) is 6.14. The van der Waals surface area contributed by atoms with Crippen LogP contribution in [0.5, 0.6) is 0 Å². The first-order valence-electron chi connectivity index (χ1n) is 6.67. The summed E-state index contributed by atoms with van der Waals surface area (Å²) >= 11 is 0. The van der Waals surface area contributed by atoms with Crippen LogP contribution in [0.2, 0.25) is 0 Å². The summed E-state index contributed by atoms with van der Waals surface area (Å²) in [4.78, 5) is 2.23. The molecular weight excluding hydrogens is 274 g/mol. The normalized spacial score (nSPS) is 12.4. The molecule has 0 saturated heterocycles. The summed E-state index contributed by atoms with van der Waals surface area (Å²) < 4.78 is 26.6. The van der Waals surface area contributed by atoms with Crippen molar-refractivity contribution in [3.05, 3.63) is 18.2 Å². The minimum atomic E-state index is -3.46. The summed E-state index contributed by atoms with van der Waals surface area (Å²) in [6.07, 6.45) is 0. The number of nitrogens with two attached hydrogens (primary N) is 1. The van der Waals surface area contributed by atoms with E-state index >= 15 is 0 Å². The summed E-state index contributed by atoms with van der Waals surface area (Å²) in [5, 5.41) is 0. The minimum absolute atomic E-state index is 0.0950. The van der Waals surface area contributed by atoms with Crippen molar-refractivity contribution in [1.82, 2.24) is 4.72 Å². The van der Waals surface area contributed by atoms with Crippen LogP contribution < -0.4 is 15.4 Å². The zero-order valence-corrected chi connectivity index (χ0v) is 13.7. The fourth-order valence-corrected chi connectivity index (χ4v) is 3.15. The van der Waals surface area contributed by atoms with Gasteiger partial charge in [-0.15, -0.1) is 0 Å². The third kappa shape index (κ3) is 4.38. The van der Waals surface area contributed by atoms with Gasteiger partial charge in [0, 0.05) is 20.1 Å². The first-order chi connectivity index (χ1) is 9.07. The van der Waals surface area contributed by atoms with Gasteiger partial charge in [0.1, 0.15) is 0 Å². The van der Waals surface area contributed by atoms with E-state index in [1.165, 1.54) is 6.07 Å². The van der Waals surface area contributed by atoms with Gasteiger partial charge in [-0.1, -0.05) is 27.7 Å². The van der Waals surface area contributed by atoms with Crippen LogP contribution in [0.15, 0.2) is 23.1 Å². The molecule has 0 bridgehead atoms. The summed E-state index contributed by atoms with van der Waals surface area (Å²) in [7, 11) is -1.54. The molecule has 3 N–H and O–H groups in total. The summed E-state index contributed by atoms with van der Waals surface area (Å²) in [5.74, 6) is 0. The minimum Gasteiger partial charge on any atom is -0.397 e. The van der Waals surface area contributed by atoms with Gasteiger partial charge in [-0.05, 0) is 23.6 Å². The standard InChI is InChI=1S/C14H25N3O2S/c1-6-16-20(18,19)11-7-8-12(15)13(9-11)17(5)10-14(2,3)4/h7-9,16H,6,10,15H2,1-5H3. The lowest BCUT2D eigenvalue weighted by Crippen LogP contribution is -2.30. The maximum absolute atomic E-state index is 12.0. The van der Waals surface area contributed by atoms with Crippen LogP contribution in [0.25, 0.3) is 0 Å². The number of nitrogens with one attached hydrogen (secondary N) is 1. The van der Waals surface area contributed by atoms with E-state index in [0.717, 1.165) is 12.2 Å². The van der Waals surface area contributed by atoms with Crippen LogP contribution in [-0.2, 0) is 10.0 Å². The third-order valence-corrected chi connectivity index (χ3v) is 4.31. The molecule has 20 heavy (non-hydrogen) atoms. The predicted octanol–water partition coefficient (Wildman–Crippen LogP) is 2.05. The highest BCUT2D eigenvalue weighted by molar-refractivity contribution is 7.89. The van der Waals surface area contributed by atoms with E-state index in [-0.39, 0.29) is 10.3 Å². The molecule has 1 rings (SSSR count). The number of hydrogen-bond acceptors (Lipinski definition) is 4. The number of benzene rings is 1. The molecule has 1 aromatic carbocycles. The molecule has 0 saturated carbocycles. The highest BCUT2D eigenvalue weighted by atomic mass is 32.2. The van der Waals surface area contributed by atoms with Gasteiger partial charge >= 0.3 is 0 Å². The van der Waals surface area contributed by atoms with E-state index in [0.29, 0.717) is 12.2 Å². The molecule has 0 aliphatic carbocycles. The Morgan fingerprint density at radius 3 is 2.40 bits per heavy atom. The topological polar surface area (TPSA) is 75.4 Å². The van der Waals surface area contributed by atoms with Crippen LogP contribution >= 0.6 is 0 Å². The smallest absolute Gasteiger partial charge is 0.240 e. The molecule has 0 unspecified atom stereocenters. The molecule has 0 aliphatic rings. The monoisotopic (exact) mass is 299 g/mol. The molecule has 114 valence electrons. The van der Waals surface area contributed by atoms with E-state index in [1.807, 2.05) is 11.9 Å². The quantitative estimate of drug-likeness (QED) is 0.816. The van der Waals surface area contributed by atoms with Gasteiger partial charge in [0.15, 0.2) is 0 Å². The molecule has 0 fully saturated rings. The number of rotatable bonds is 5. The molecule has 0 amide bonds. The van der Waals surface area contributed by atoms with Crippen molar-refractivity contribution in [3.63, 3.8) is 0 Å². The van der Waals surface area contributed by atoms with Crippen LogP contribution in [0.4, 0.5) is 11.4 Å². The van der Waals surface area contributed by atoms with Crippen molar-refractivity contribution in [1.29, 1.82) is 0 Å². The highest BCUT2D eigenvalue weighted by Gasteiger charge is 2.19. The largest absolute Gasteiger partial charge is 0.397 e. The Bertz CT molecular complexity index is 562. The molecule has 0 heterocycles. The third-order valence-electron chi connectivity index (χ3n) is 2.77. The van der Waals surface area contributed by atoms with Crippen LogP contribution in [0, 0.1) is 5.41 Å². The maximum Gasteiger partial charge on any atom is 0.240 e. The second-order valence-corrected chi connectivity index (χ2v) is 7.91. The Morgan fingerprint density at radius 1 is 1.30 bits per heavy atom. The Morgan fingerprint density at radius 2 is 1.90 bits per heavy atom. The van der Waals surface area contributed by atoms with Gasteiger partial charge in [0.05, 0.1) is 16.3 Å². The molecule has 0 aromatic heterocycles. The summed E-state index contributed by atoms with van der Waals surface area (Å²) in [6.45, 7) is 9.26. The first kappa shape index (κ1) is 16.8. The lowest BCUT2D eigenvalue weighted by molar-refractivity contribution is 0.419. The number of hydrogen-bond donors (Lipinski definition) is 2. The van der Waals surface area contributed by atoms with E-state index in [1.54, 1.807) is 19.1 Å². The van der Waals surface area contributed by atoms with Gasteiger partial charge in [-0.3, -0.25) is 0 Å². The van der Waals surface area contributed by atoms with Crippen LogP contribution in [-0.4, -0.2) is 28.6 Å². The van der Waals surface area contributed by atoms with E-state index in [2.05, 4.69) is 25.5 Å². The molecule has 0 radical (unpaired) electrons. The van der Waals surface area contributed by atoms with Crippen molar-refractivity contribution < 1.29 is 8.42 Å². The van der Waals surface area contributed by atoms with Crippen molar-refractivity contribution in [3.8, 4) is 0 Å².